The zero-order valence-corrected chi connectivity index (χ0v) is 13.2. The van der Waals surface area contributed by atoms with Crippen LogP contribution in [0.3, 0.4) is 0 Å². The van der Waals surface area contributed by atoms with E-state index in [0.29, 0.717) is 17.1 Å². The lowest BCUT2D eigenvalue weighted by molar-refractivity contribution is 0.0601. The van der Waals surface area contributed by atoms with Crippen molar-refractivity contribution in [3.63, 3.8) is 0 Å². The molecule has 0 aliphatic carbocycles. The van der Waals surface area contributed by atoms with E-state index in [4.69, 9.17) is 16.3 Å². The third-order valence-corrected chi connectivity index (χ3v) is 3.78. The Hall–Kier alpha value is -1.52. The highest BCUT2D eigenvalue weighted by atomic mass is 79.9. The van der Waals surface area contributed by atoms with Gasteiger partial charge in [-0.15, -0.1) is 0 Å². The van der Waals surface area contributed by atoms with E-state index in [1.165, 1.54) is 7.11 Å². The van der Waals surface area contributed by atoms with Crippen molar-refractivity contribution >= 4 is 39.2 Å². The number of ether oxygens (including phenoxy) is 1. The predicted octanol–water partition coefficient (Wildman–Crippen LogP) is 4.50. The number of esters is 1. The number of halogens is 2. The Bertz CT molecular complexity index is 631. The fourth-order valence-corrected chi connectivity index (χ4v) is 2.33. The predicted molar refractivity (Wildman–Crippen MR) is 84.3 cm³/mol. The Labute approximate surface area is 131 Å². The molecule has 0 radical (unpaired) electrons. The Kier molecular flexibility index (Phi) is 5.04. The molecule has 104 valence electrons. The minimum atomic E-state index is -0.349. The summed E-state index contributed by atoms with van der Waals surface area (Å²) in [5.41, 5.74) is 2.41. The normalized spacial score (nSPS) is 10.2. The lowest BCUT2D eigenvalue weighted by Gasteiger charge is -2.09. The Morgan fingerprint density at radius 2 is 2.10 bits per heavy atom. The summed E-state index contributed by atoms with van der Waals surface area (Å²) in [6.45, 7) is 0.603. The van der Waals surface area contributed by atoms with Crippen molar-refractivity contribution in [3.05, 3.63) is 63.1 Å². The van der Waals surface area contributed by atoms with Gasteiger partial charge in [-0.3, -0.25) is 0 Å². The summed E-state index contributed by atoms with van der Waals surface area (Å²) in [6.07, 6.45) is 0. The van der Waals surface area contributed by atoms with Crippen LogP contribution in [0.15, 0.2) is 46.9 Å². The Balaban J connectivity index is 2.11. The van der Waals surface area contributed by atoms with Gasteiger partial charge in [0.15, 0.2) is 0 Å². The molecule has 1 N–H and O–H groups in total. The highest BCUT2D eigenvalue weighted by molar-refractivity contribution is 9.10. The van der Waals surface area contributed by atoms with Crippen molar-refractivity contribution in [1.82, 2.24) is 0 Å². The maximum absolute atomic E-state index is 11.5. The molecule has 3 nitrogen and oxygen atoms in total. The van der Waals surface area contributed by atoms with E-state index in [1.807, 2.05) is 30.3 Å². The number of anilines is 1. The minimum absolute atomic E-state index is 0.349. The summed E-state index contributed by atoms with van der Waals surface area (Å²) in [5, 5.41) is 3.94. The molecule has 0 unspecified atom stereocenters. The summed E-state index contributed by atoms with van der Waals surface area (Å²) in [6, 6.07) is 12.8. The standard InChI is InChI=1S/C15H13BrClNO2/c1-20-15(19)10-3-2-4-13(8-10)18-9-11-7-12(17)5-6-14(11)16/h2-8,18H,9H2,1H3. The van der Waals surface area contributed by atoms with Crippen molar-refractivity contribution in [2.75, 3.05) is 12.4 Å². The van der Waals surface area contributed by atoms with Gasteiger partial charge < -0.3 is 10.1 Å². The van der Waals surface area contributed by atoms with Gasteiger partial charge in [0, 0.05) is 21.7 Å². The van der Waals surface area contributed by atoms with Gasteiger partial charge in [0.1, 0.15) is 0 Å². The van der Waals surface area contributed by atoms with Gasteiger partial charge in [-0.2, -0.15) is 0 Å². The molecule has 0 aliphatic heterocycles. The van der Waals surface area contributed by atoms with Crippen LogP contribution in [-0.2, 0) is 11.3 Å². The number of methoxy groups -OCH3 is 1. The van der Waals surface area contributed by atoms with E-state index in [-0.39, 0.29) is 5.97 Å². The van der Waals surface area contributed by atoms with Crippen LogP contribution in [-0.4, -0.2) is 13.1 Å². The van der Waals surface area contributed by atoms with Gasteiger partial charge in [0.2, 0.25) is 0 Å². The molecule has 2 aromatic rings. The number of rotatable bonds is 4. The van der Waals surface area contributed by atoms with E-state index in [9.17, 15) is 4.79 Å². The Morgan fingerprint density at radius 1 is 1.30 bits per heavy atom. The third-order valence-electron chi connectivity index (χ3n) is 2.77. The molecule has 0 aromatic heterocycles. The second kappa shape index (κ2) is 6.77. The first-order valence-electron chi connectivity index (χ1n) is 5.96. The van der Waals surface area contributed by atoms with Gasteiger partial charge in [-0.05, 0) is 42.0 Å². The molecular formula is C15H13BrClNO2. The van der Waals surface area contributed by atoms with Gasteiger partial charge in [0.05, 0.1) is 12.7 Å². The molecule has 2 rings (SSSR count). The summed E-state index contributed by atoms with van der Waals surface area (Å²) >= 11 is 9.45. The molecule has 0 bridgehead atoms. The average Bonchev–Trinajstić information content (AvgIpc) is 2.47. The van der Waals surface area contributed by atoms with E-state index in [0.717, 1.165) is 15.7 Å². The van der Waals surface area contributed by atoms with Crippen molar-refractivity contribution in [2.45, 2.75) is 6.54 Å². The first kappa shape index (κ1) is 14.9. The number of benzene rings is 2. The lowest BCUT2D eigenvalue weighted by Crippen LogP contribution is -2.04. The third kappa shape index (κ3) is 3.74. The van der Waals surface area contributed by atoms with Crippen molar-refractivity contribution < 1.29 is 9.53 Å². The Morgan fingerprint density at radius 3 is 2.85 bits per heavy atom. The quantitative estimate of drug-likeness (QED) is 0.822. The molecule has 0 saturated heterocycles. The number of hydrogen-bond acceptors (Lipinski definition) is 3. The van der Waals surface area contributed by atoms with Crippen LogP contribution >= 0.6 is 27.5 Å². The minimum Gasteiger partial charge on any atom is -0.465 e. The number of hydrogen-bond donors (Lipinski definition) is 1. The van der Waals surface area contributed by atoms with Crippen LogP contribution < -0.4 is 5.32 Å². The molecule has 0 saturated carbocycles. The van der Waals surface area contributed by atoms with E-state index in [1.54, 1.807) is 12.1 Å². The smallest absolute Gasteiger partial charge is 0.337 e. The summed E-state index contributed by atoms with van der Waals surface area (Å²) in [5.74, 6) is -0.349. The summed E-state index contributed by atoms with van der Waals surface area (Å²) < 4.78 is 5.68. The van der Waals surface area contributed by atoms with Gasteiger partial charge in [-0.1, -0.05) is 33.6 Å². The van der Waals surface area contributed by atoms with E-state index >= 15 is 0 Å². The molecule has 0 aliphatic rings. The highest BCUT2D eigenvalue weighted by Crippen LogP contribution is 2.22. The zero-order chi connectivity index (χ0) is 14.5. The molecule has 0 fully saturated rings. The molecular weight excluding hydrogens is 342 g/mol. The number of carbonyl (C=O) groups is 1. The summed E-state index contributed by atoms with van der Waals surface area (Å²) in [7, 11) is 1.37. The topological polar surface area (TPSA) is 38.3 Å². The first-order chi connectivity index (χ1) is 9.60. The molecule has 2 aromatic carbocycles. The van der Waals surface area contributed by atoms with Gasteiger partial charge in [0.25, 0.3) is 0 Å². The molecule has 0 heterocycles. The van der Waals surface area contributed by atoms with Crippen LogP contribution in [0.1, 0.15) is 15.9 Å². The highest BCUT2D eigenvalue weighted by Gasteiger charge is 2.06. The SMILES string of the molecule is COC(=O)c1cccc(NCc2cc(Cl)ccc2Br)c1. The van der Waals surface area contributed by atoms with Crippen LogP contribution in [0.4, 0.5) is 5.69 Å². The molecule has 5 heteroatoms. The second-order valence-corrected chi connectivity index (χ2v) is 5.45. The van der Waals surface area contributed by atoms with E-state index in [2.05, 4.69) is 21.2 Å². The summed E-state index contributed by atoms with van der Waals surface area (Å²) in [4.78, 5) is 11.5. The molecule has 0 atom stereocenters. The van der Waals surface area contributed by atoms with Gasteiger partial charge >= 0.3 is 5.97 Å². The zero-order valence-electron chi connectivity index (χ0n) is 10.8. The van der Waals surface area contributed by atoms with Crippen LogP contribution in [0.25, 0.3) is 0 Å². The maximum Gasteiger partial charge on any atom is 0.337 e. The van der Waals surface area contributed by atoms with Gasteiger partial charge in [-0.25, -0.2) is 4.79 Å². The van der Waals surface area contributed by atoms with Crippen molar-refractivity contribution in [3.8, 4) is 0 Å². The second-order valence-electron chi connectivity index (χ2n) is 4.16. The fourth-order valence-electron chi connectivity index (χ4n) is 1.75. The molecule has 20 heavy (non-hydrogen) atoms. The van der Waals surface area contributed by atoms with Crippen molar-refractivity contribution in [1.29, 1.82) is 0 Å². The van der Waals surface area contributed by atoms with Crippen LogP contribution in [0, 0.1) is 0 Å². The number of nitrogens with one attached hydrogen (secondary N) is 1. The van der Waals surface area contributed by atoms with Crippen LogP contribution in [0.2, 0.25) is 5.02 Å². The van der Waals surface area contributed by atoms with E-state index < -0.39 is 0 Å². The lowest BCUT2D eigenvalue weighted by atomic mass is 10.2. The first-order valence-corrected chi connectivity index (χ1v) is 7.13. The fraction of sp³-hybridized carbons (Fsp3) is 0.133. The monoisotopic (exact) mass is 353 g/mol. The molecule has 0 spiro atoms. The molecule has 0 amide bonds. The maximum atomic E-state index is 11.5. The average molecular weight is 355 g/mol. The van der Waals surface area contributed by atoms with Crippen LogP contribution in [0.5, 0.6) is 0 Å². The largest absolute Gasteiger partial charge is 0.465 e. The number of carbonyl (C=O) groups excluding carboxylic acids is 1. The van der Waals surface area contributed by atoms with Crippen molar-refractivity contribution in [2.24, 2.45) is 0 Å².